The maximum absolute atomic E-state index is 13.6. The minimum atomic E-state index is -1.08. The summed E-state index contributed by atoms with van der Waals surface area (Å²) in [5.74, 6) is 1.46. The summed E-state index contributed by atoms with van der Waals surface area (Å²) in [5.41, 5.74) is 1.26. The molecule has 0 radical (unpaired) electrons. The predicted octanol–water partition coefficient (Wildman–Crippen LogP) is 3.49. The lowest BCUT2D eigenvalue weighted by atomic mass is 9.87. The van der Waals surface area contributed by atoms with E-state index >= 15 is 0 Å². The third-order valence-electron chi connectivity index (χ3n) is 6.89. The summed E-state index contributed by atoms with van der Waals surface area (Å²) in [5, 5.41) is 23.5. The highest BCUT2D eigenvalue weighted by Crippen LogP contribution is 2.31. The molecule has 0 fully saturated rings. The molecule has 0 saturated heterocycles. The molecule has 218 valence electrons. The van der Waals surface area contributed by atoms with Gasteiger partial charge in [-0.15, -0.1) is 0 Å². The van der Waals surface area contributed by atoms with Gasteiger partial charge in [-0.1, -0.05) is 25.5 Å². The molecule has 10 heteroatoms. The normalized spacial score (nSPS) is 18.4. The molecule has 3 atom stereocenters. The fourth-order valence-corrected chi connectivity index (χ4v) is 5.25. The van der Waals surface area contributed by atoms with Crippen LogP contribution >= 0.6 is 22.6 Å². The van der Waals surface area contributed by atoms with Gasteiger partial charge in [0, 0.05) is 31.5 Å². The van der Waals surface area contributed by atoms with Crippen molar-refractivity contribution >= 4 is 34.4 Å². The molecule has 2 aromatic rings. The van der Waals surface area contributed by atoms with Crippen LogP contribution in [-0.4, -0.2) is 79.1 Å². The minimum absolute atomic E-state index is 0.0975. The molecule has 0 aromatic heterocycles. The van der Waals surface area contributed by atoms with Crippen molar-refractivity contribution in [3.05, 3.63) is 63.2 Å². The highest BCUT2D eigenvalue weighted by molar-refractivity contribution is 14.1. The van der Waals surface area contributed by atoms with Crippen LogP contribution in [0.1, 0.15) is 38.2 Å². The Hall–Kier alpha value is -2.83. The van der Waals surface area contributed by atoms with Gasteiger partial charge < -0.3 is 34.6 Å². The van der Waals surface area contributed by atoms with E-state index < -0.39 is 18.2 Å². The van der Waals surface area contributed by atoms with Gasteiger partial charge in [-0.3, -0.25) is 9.59 Å². The number of carbonyl (C=O) groups excluding carboxylic acids is 2. The molecule has 1 aliphatic rings. The number of halogens is 1. The first-order valence-corrected chi connectivity index (χ1v) is 14.6. The molecule has 0 bridgehead atoms. The number of amides is 2. The van der Waals surface area contributed by atoms with Crippen molar-refractivity contribution in [3.63, 3.8) is 0 Å². The van der Waals surface area contributed by atoms with Gasteiger partial charge in [0.05, 0.1) is 30.4 Å². The highest BCUT2D eigenvalue weighted by Gasteiger charge is 2.40. The molecule has 0 heterocycles. The zero-order valence-corrected chi connectivity index (χ0v) is 25.4. The maximum Gasteiger partial charge on any atom is 0.247 e. The lowest BCUT2D eigenvalue weighted by molar-refractivity contribution is -0.138. The van der Waals surface area contributed by atoms with Crippen molar-refractivity contribution in [1.82, 2.24) is 10.2 Å². The van der Waals surface area contributed by atoms with Gasteiger partial charge in [0.1, 0.15) is 29.5 Å². The number of aliphatic hydroxyl groups is 2. The van der Waals surface area contributed by atoms with Crippen LogP contribution in [0.15, 0.2) is 54.1 Å². The van der Waals surface area contributed by atoms with Crippen LogP contribution in [0.5, 0.6) is 17.2 Å². The highest BCUT2D eigenvalue weighted by atomic mass is 127. The number of hydrogen-bond acceptors (Lipinski definition) is 7. The first kappa shape index (κ1) is 31.7. The lowest BCUT2D eigenvalue weighted by Gasteiger charge is -2.40. The van der Waals surface area contributed by atoms with E-state index in [-0.39, 0.29) is 31.4 Å². The number of nitrogens with one attached hydrogen (secondary N) is 1. The van der Waals surface area contributed by atoms with Crippen molar-refractivity contribution < 1.29 is 34.0 Å². The Morgan fingerprint density at radius 2 is 1.90 bits per heavy atom. The summed E-state index contributed by atoms with van der Waals surface area (Å²) in [6.07, 6.45) is 2.17. The Bertz CT molecular complexity index is 1170. The summed E-state index contributed by atoms with van der Waals surface area (Å²) in [7, 11) is 3.18. The molecule has 3 unspecified atom stereocenters. The molecule has 0 aliphatic heterocycles. The number of aliphatic hydroxyl groups excluding tert-OH is 2. The van der Waals surface area contributed by atoms with E-state index in [4.69, 9.17) is 14.2 Å². The minimum Gasteiger partial charge on any atom is -0.497 e. The molecule has 40 heavy (non-hydrogen) atoms. The van der Waals surface area contributed by atoms with Crippen LogP contribution in [0.2, 0.25) is 0 Å². The Kier molecular flexibility index (Phi) is 12.5. The van der Waals surface area contributed by atoms with Crippen LogP contribution in [-0.2, 0) is 16.0 Å². The number of methoxy groups -OCH3 is 2. The van der Waals surface area contributed by atoms with E-state index in [0.717, 1.165) is 15.6 Å². The maximum atomic E-state index is 13.6. The smallest absolute Gasteiger partial charge is 0.247 e. The van der Waals surface area contributed by atoms with Crippen LogP contribution in [0, 0.1) is 3.57 Å². The van der Waals surface area contributed by atoms with Crippen molar-refractivity contribution in [2.75, 3.05) is 33.9 Å². The average molecular weight is 667 g/mol. The Morgan fingerprint density at radius 1 is 1.12 bits per heavy atom. The van der Waals surface area contributed by atoms with E-state index in [1.54, 1.807) is 31.3 Å². The summed E-state index contributed by atoms with van der Waals surface area (Å²) in [4.78, 5) is 28.3. The van der Waals surface area contributed by atoms with Crippen molar-refractivity contribution in [3.8, 4) is 17.2 Å². The first-order chi connectivity index (χ1) is 19.3. The number of ether oxygens (including phenoxy) is 3. The van der Waals surface area contributed by atoms with Crippen LogP contribution in [0.25, 0.3) is 0 Å². The zero-order valence-electron chi connectivity index (χ0n) is 23.3. The quantitative estimate of drug-likeness (QED) is 0.265. The summed E-state index contributed by atoms with van der Waals surface area (Å²) in [6.45, 7) is 2.22. The molecule has 2 amide bonds. The second kappa shape index (κ2) is 15.8. The van der Waals surface area contributed by atoms with Gasteiger partial charge in [-0.25, -0.2) is 0 Å². The van der Waals surface area contributed by atoms with Crippen LogP contribution < -0.4 is 19.5 Å². The number of carbonyl (C=O) groups is 2. The van der Waals surface area contributed by atoms with Gasteiger partial charge in [0.15, 0.2) is 0 Å². The van der Waals surface area contributed by atoms with Gasteiger partial charge in [-0.2, -0.15) is 0 Å². The predicted molar refractivity (Wildman–Crippen MR) is 161 cm³/mol. The standard InChI is InChI=1S/C30H39IN2O7/c1-4-5-10-28(35)33(15-13-20-17-22(38-2)11-12-25(20)39-3)24-18-21(30(37)32-14-16-34)19-27(29(24)36)40-26-9-7-6-8-23(26)31/h6-9,11-12,17,19,24,27,29,34,36H,4-5,10,13-16,18H2,1-3H3,(H,32,37). The summed E-state index contributed by atoms with van der Waals surface area (Å²) < 4.78 is 18.0. The summed E-state index contributed by atoms with van der Waals surface area (Å²) >= 11 is 2.16. The number of nitrogens with zero attached hydrogens (tertiary/aromatic N) is 1. The molecule has 0 spiro atoms. The molecule has 3 rings (SSSR count). The Morgan fingerprint density at radius 3 is 2.58 bits per heavy atom. The summed E-state index contributed by atoms with van der Waals surface area (Å²) in [6, 6.07) is 12.2. The van der Waals surface area contributed by atoms with Crippen LogP contribution in [0.4, 0.5) is 0 Å². The van der Waals surface area contributed by atoms with Gasteiger partial charge in [0.25, 0.3) is 0 Å². The third kappa shape index (κ3) is 8.34. The van der Waals surface area contributed by atoms with Gasteiger partial charge >= 0.3 is 0 Å². The van der Waals surface area contributed by atoms with Crippen molar-refractivity contribution in [1.29, 1.82) is 0 Å². The number of hydrogen-bond donors (Lipinski definition) is 3. The Balaban J connectivity index is 1.95. The lowest BCUT2D eigenvalue weighted by Crippen LogP contribution is -2.55. The number of benzene rings is 2. The topological polar surface area (TPSA) is 118 Å². The van der Waals surface area contributed by atoms with E-state index in [9.17, 15) is 19.8 Å². The van der Waals surface area contributed by atoms with Gasteiger partial charge in [-0.05, 0) is 77.4 Å². The molecule has 2 aromatic carbocycles. The number of rotatable bonds is 14. The number of para-hydroxylation sites is 1. The second-order valence-corrected chi connectivity index (χ2v) is 10.7. The van der Waals surface area contributed by atoms with Crippen molar-refractivity contribution in [2.24, 2.45) is 0 Å². The molecule has 1 aliphatic carbocycles. The molecule has 3 N–H and O–H groups in total. The monoisotopic (exact) mass is 666 g/mol. The number of unbranched alkanes of at least 4 members (excludes halogenated alkanes) is 1. The first-order valence-electron chi connectivity index (χ1n) is 13.5. The van der Waals surface area contributed by atoms with E-state index in [0.29, 0.717) is 48.6 Å². The molecular weight excluding hydrogens is 627 g/mol. The SMILES string of the molecule is CCCCC(=O)N(CCc1cc(OC)ccc1OC)C1CC(C(=O)NCCO)=CC(Oc2ccccc2I)C1O. The van der Waals surface area contributed by atoms with Crippen molar-refractivity contribution in [2.45, 2.75) is 57.3 Å². The fourth-order valence-electron chi connectivity index (χ4n) is 4.73. The van der Waals surface area contributed by atoms with E-state index in [1.807, 2.05) is 43.3 Å². The molecule has 0 saturated carbocycles. The van der Waals surface area contributed by atoms with E-state index in [2.05, 4.69) is 27.9 Å². The molecule has 9 nitrogen and oxygen atoms in total. The molecular formula is C30H39IN2O7. The largest absolute Gasteiger partial charge is 0.497 e. The zero-order chi connectivity index (χ0) is 29.1. The fraction of sp³-hybridized carbons (Fsp3) is 0.467. The average Bonchev–Trinajstić information content (AvgIpc) is 2.97. The van der Waals surface area contributed by atoms with E-state index in [1.165, 1.54) is 0 Å². The Labute approximate surface area is 249 Å². The van der Waals surface area contributed by atoms with Crippen LogP contribution in [0.3, 0.4) is 0 Å². The third-order valence-corrected chi connectivity index (χ3v) is 7.78. The van der Waals surface area contributed by atoms with Gasteiger partial charge in [0.2, 0.25) is 11.8 Å². The second-order valence-electron chi connectivity index (χ2n) is 9.56.